The quantitative estimate of drug-likeness (QED) is 0.566. The fraction of sp³-hybridized carbons (Fsp3) is 1.00. The van der Waals surface area contributed by atoms with Crippen molar-refractivity contribution < 1.29 is 39.5 Å². The normalized spacial score (nSPS) is 31.5. The summed E-state index contributed by atoms with van der Waals surface area (Å²) in [5.74, 6) is -7.65. The van der Waals surface area contributed by atoms with Crippen molar-refractivity contribution >= 4 is 0 Å². The molecule has 0 aromatic heterocycles. The zero-order chi connectivity index (χ0) is 14.4. The molecule has 0 aromatic rings. The molecule has 0 aliphatic heterocycles. The number of halogens is 9. The Morgan fingerprint density at radius 3 is 0.722 bits per heavy atom. The molecule has 0 atom stereocenters. The first-order valence-electron chi connectivity index (χ1n) is 5.02. The number of hydrogen-bond donors (Lipinski definition) is 0. The molecule has 0 N–H and O–H groups in total. The monoisotopic (exact) mass is 288 g/mol. The highest BCUT2D eigenvalue weighted by Crippen LogP contribution is 2.51. The van der Waals surface area contributed by atoms with E-state index < -0.39 is 55.5 Å². The molecule has 9 heteroatoms. The summed E-state index contributed by atoms with van der Waals surface area (Å²) in [5.41, 5.74) is 0. The van der Waals surface area contributed by atoms with Gasteiger partial charge in [-0.1, -0.05) is 0 Å². The van der Waals surface area contributed by atoms with E-state index in [1.54, 1.807) is 0 Å². The summed E-state index contributed by atoms with van der Waals surface area (Å²) in [6, 6.07) is 0. The van der Waals surface area contributed by atoms with E-state index in [0.717, 1.165) is 0 Å². The first-order valence-corrected chi connectivity index (χ1v) is 5.02. The maximum atomic E-state index is 12.3. The minimum Gasteiger partial charge on any atom is -0.171 e. The van der Waals surface area contributed by atoms with Crippen LogP contribution in [0.3, 0.4) is 0 Å². The largest absolute Gasteiger partial charge is 0.391 e. The molecule has 108 valence electrons. The Labute approximate surface area is 96.1 Å². The Bertz CT molecular complexity index is 230. The lowest BCUT2D eigenvalue weighted by Crippen LogP contribution is -2.42. The summed E-state index contributed by atoms with van der Waals surface area (Å²) >= 11 is 0. The minimum absolute atomic E-state index is 1.32. The van der Waals surface area contributed by atoms with Gasteiger partial charge in [0.05, 0.1) is 17.8 Å². The molecule has 1 fully saturated rings. The second-order valence-electron chi connectivity index (χ2n) is 4.42. The topological polar surface area (TPSA) is 0 Å². The highest BCUT2D eigenvalue weighted by molar-refractivity contribution is 4.88. The van der Waals surface area contributed by atoms with Crippen LogP contribution in [0, 0.1) is 17.8 Å². The lowest BCUT2D eigenvalue weighted by Gasteiger charge is -2.37. The molecule has 1 aliphatic rings. The van der Waals surface area contributed by atoms with Gasteiger partial charge in [-0.25, -0.2) is 0 Å². The fourth-order valence-electron chi connectivity index (χ4n) is 2.12. The molecule has 1 saturated carbocycles. The van der Waals surface area contributed by atoms with Crippen LogP contribution in [0.4, 0.5) is 39.5 Å². The molecular weight excluding hydrogens is 279 g/mol. The Morgan fingerprint density at radius 1 is 0.444 bits per heavy atom. The molecular formula is C9H9F9. The summed E-state index contributed by atoms with van der Waals surface area (Å²) < 4.78 is 111. The predicted molar refractivity (Wildman–Crippen MR) is 42.5 cm³/mol. The van der Waals surface area contributed by atoms with Crippen LogP contribution in [0.2, 0.25) is 0 Å². The molecule has 0 saturated heterocycles. The molecule has 1 rings (SSSR count). The summed E-state index contributed by atoms with van der Waals surface area (Å²) in [5, 5.41) is 0. The van der Waals surface area contributed by atoms with Crippen LogP contribution in [0.25, 0.3) is 0 Å². The number of hydrogen-bond acceptors (Lipinski definition) is 0. The molecule has 0 unspecified atom stereocenters. The van der Waals surface area contributed by atoms with Gasteiger partial charge in [0, 0.05) is 0 Å². The SMILES string of the molecule is FC(F)(F)C1CC(C(F)(F)F)CC(C(F)(F)F)C1. The number of rotatable bonds is 0. The first-order chi connectivity index (χ1) is 7.82. The van der Waals surface area contributed by atoms with Gasteiger partial charge in [0.25, 0.3) is 0 Å². The molecule has 18 heavy (non-hydrogen) atoms. The van der Waals surface area contributed by atoms with Crippen LogP contribution in [0.15, 0.2) is 0 Å². The maximum absolute atomic E-state index is 12.3. The van der Waals surface area contributed by atoms with Gasteiger partial charge in [0.1, 0.15) is 0 Å². The van der Waals surface area contributed by atoms with Gasteiger partial charge in [-0.2, -0.15) is 39.5 Å². The highest BCUT2D eigenvalue weighted by Gasteiger charge is 2.56. The van der Waals surface area contributed by atoms with Crippen molar-refractivity contribution in [1.29, 1.82) is 0 Å². The molecule has 0 bridgehead atoms. The average Bonchev–Trinajstić information content (AvgIpc) is 2.13. The smallest absolute Gasteiger partial charge is 0.171 e. The Balaban J connectivity index is 2.93. The summed E-state index contributed by atoms with van der Waals surface area (Å²) in [7, 11) is 0. The van der Waals surface area contributed by atoms with Crippen LogP contribution in [0.5, 0.6) is 0 Å². The second-order valence-corrected chi connectivity index (χ2v) is 4.42. The molecule has 0 nitrogen and oxygen atoms in total. The van der Waals surface area contributed by atoms with E-state index in [-0.39, 0.29) is 0 Å². The Hall–Kier alpha value is -0.630. The Kier molecular flexibility index (Phi) is 3.84. The van der Waals surface area contributed by atoms with Crippen LogP contribution in [0.1, 0.15) is 19.3 Å². The van der Waals surface area contributed by atoms with E-state index in [4.69, 9.17) is 0 Å². The van der Waals surface area contributed by atoms with E-state index in [2.05, 4.69) is 0 Å². The van der Waals surface area contributed by atoms with Crippen molar-refractivity contribution in [1.82, 2.24) is 0 Å². The van der Waals surface area contributed by atoms with E-state index in [1.807, 2.05) is 0 Å². The van der Waals surface area contributed by atoms with Crippen molar-refractivity contribution in [3.05, 3.63) is 0 Å². The van der Waals surface area contributed by atoms with Crippen LogP contribution >= 0.6 is 0 Å². The lowest BCUT2D eigenvalue weighted by atomic mass is 9.74. The third-order valence-electron chi connectivity index (χ3n) is 3.10. The summed E-state index contributed by atoms with van der Waals surface area (Å²) in [6.07, 6.45) is -19.1. The van der Waals surface area contributed by atoms with Gasteiger partial charge in [-0.3, -0.25) is 0 Å². The molecule has 1 aliphatic carbocycles. The third kappa shape index (κ3) is 3.68. The van der Waals surface area contributed by atoms with E-state index in [9.17, 15) is 39.5 Å². The van der Waals surface area contributed by atoms with Crippen molar-refractivity contribution in [2.24, 2.45) is 17.8 Å². The van der Waals surface area contributed by atoms with Crippen molar-refractivity contribution in [2.75, 3.05) is 0 Å². The van der Waals surface area contributed by atoms with Gasteiger partial charge < -0.3 is 0 Å². The van der Waals surface area contributed by atoms with E-state index in [1.165, 1.54) is 0 Å². The predicted octanol–water partition coefficient (Wildman–Crippen LogP) is 4.71. The van der Waals surface area contributed by atoms with Crippen LogP contribution in [-0.2, 0) is 0 Å². The minimum atomic E-state index is -5.03. The van der Waals surface area contributed by atoms with Crippen molar-refractivity contribution in [3.8, 4) is 0 Å². The summed E-state index contributed by atoms with van der Waals surface area (Å²) in [6.45, 7) is 0. The average molecular weight is 288 g/mol. The van der Waals surface area contributed by atoms with Gasteiger partial charge in [0.2, 0.25) is 0 Å². The standard InChI is InChI=1S/C9H9F9/c10-7(11,12)4-1-5(8(13,14)15)3-6(2-4)9(16,17)18/h4-6H,1-3H2. The number of alkyl halides is 9. The Morgan fingerprint density at radius 2 is 0.611 bits per heavy atom. The first kappa shape index (κ1) is 15.4. The molecule has 0 amide bonds. The third-order valence-corrected chi connectivity index (χ3v) is 3.10. The van der Waals surface area contributed by atoms with Crippen LogP contribution in [-0.4, -0.2) is 18.5 Å². The molecule has 0 heterocycles. The van der Waals surface area contributed by atoms with Crippen LogP contribution < -0.4 is 0 Å². The molecule has 0 aromatic carbocycles. The van der Waals surface area contributed by atoms with Crippen molar-refractivity contribution in [3.63, 3.8) is 0 Å². The lowest BCUT2D eigenvalue weighted by molar-refractivity contribution is -0.259. The van der Waals surface area contributed by atoms with Crippen molar-refractivity contribution in [2.45, 2.75) is 37.8 Å². The van der Waals surface area contributed by atoms with E-state index in [0.29, 0.717) is 0 Å². The highest BCUT2D eigenvalue weighted by atomic mass is 19.4. The summed E-state index contributed by atoms with van der Waals surface area (Å²) in [4.78, 5) is 0. The van der Waals surface area contributed by atoms with Gasteiger partial charge in [-0.15, -0.1) is 0 Å². The zero-order valence-electron chi connectivity index (χ0n) is 8.76. The fourth-order valence-corrected chi connectivity index (χ4v) is 2.12. The van der Waals surface area contributed by atoms with Gasteiger partial charge in [-0.05, 0) is 19.3 Å². The van der Waals surface area contributed by atoms with Gasteiger partial charge in [0.15, 0.2) is 0 Å². The van der Waals surface area contributed by atoms with E-state index >= 15 is 0 Å². The molecule has 0 spiro atoms. The second kappa shape index (κ2) is 4.48. The maximum Gasteiger partial charge on any atom is 0.391 e. The zero-order valence-corrected chi connectivity index (χ0v) is 8.76. The van der Waals surface area contributed by atoms with Gasteiger partial charge >= 0.3 is 18.5 Å². The molecule has 0 radical (unpaired) electrons.